The van der Waals surface area contributed by atoms with Crippen LogP contribution in [0.2, 0.25) is 0 Å². The lowest BCUT2D eigenvalue weighted by molar-refractivity contribution is 0.240. The Hall–Kier alpha value is -2.70. The molecule has 2 aromatic carbocycles. The zero-order chi connectivity index (χ0) is 22.4. The molecule has 0 saturated heterocycles. The van der Waals surface area contributed by atoms with Crippen LogP contribution in [0.3, 0.4) is 0 Å². The van der Waals surface area contributed by atoms with Crippen molar-refractivity contribution in [2.75, 3.05) is 0 Å². The molecule has 0 saturated carbocycles. The summed E-state index contributed by atoms with van der Waals surface area (Å²) in [7, 11) is 0. The third-order valence-corrected chi connectivity index (χ3v) is 7.29. The van der Waals surface area contributed by atoms with Crippen molar-refractivity contribution in [3.05, 3.63) is 79.9 Å². The van der Waals surface area contributed by atoms with Crippen molar-refractivity contribution in [3.8, 4) is 23.7 Å². The second-order valence-electron chi connectivity index (χ2n) is 9.55. The Morgan fingerprint density at radius 1 is 0.500 bits per heavy atom. The van der Waals surface area contributed by atoms with Gasteiger partial charge < -0.3 is 0 Å². The number of hydrogen-bond donors (Lipinski definition) is 0. The van der Waals surface area contributed by atoms with Crippen molar-refractivity contribution in [1.82, 2.24) is 0 Å². The zero-order valence-electron chi connectivity index (χ0n) is 20.3. The van der Waals surface area contributed by atoms with E-state index in [1.54, 1.807) is 0 Å². The lowest BCUT2D eigenvalue weighted by Crippen LogP contribution is -2.47. The van der Waals surface area contributed by atoms with Crippen molar-refractivity contribution >= 4 is 0 Å². The number of allylic oxidation sites excluding steroid dienone is 2. The van der Waals surface area contributed by atoms with E-state index in [1.165, 1.54) is 44.5 Å². The van der Waals surface area contributed by atoms with Gasteiger partial charge in [-0.25, -0.2) is 0 Å². The minimum absolute atomic E-state index is 0.250. The van der Waals surface area contributed by atoms with Gasteiger partial charge in [0.25, 0.3) is 0 Å². The molecule has 1 aliphatic rings. The molecule has 0 spiro atoms. The number of benzene rings is 2. The van der Waals surface area contributed by atoms with Gasteiger partial charge >= 0.3 is 0 Å². The lowest BCUT2D eigenvalue weighted by Gasteiger charge is -2.52. The minimum atomic E-state index is -0.250. The van der Waals surface area contributed by atoms with E-state index in [0.29, 0.717) is 0 Å². The summed E-state index contributed by atoms with van der Waals surface area (Å²) in [6, 6.07) is 8.87. The maximum absolute atomic E-state index is 3.65. The van der Waals surface area contributed by atoms with E-state index >= 15 is 0 Å². The summed E-state index contributed by atoms with van der Waals surface area (Å²) in [6.07, 6.45) is 0. The van der Waals surface area contributed by atoms with Gasteiger partial charge in [0.15, 0.2) is 0 Å². The fourth-order valence-corrected chi connectivity index (χ4v) is 5.00. The van der Waals surface area contributed by atoms with Crippen LogP contribution in [0, 0.1) is 76.1 Å². The Bertz CT molecular complexity index is 1050. The molecule has 2 atom stereocenters. The van der Waals surface area contributed by atoms with Crippen LogP contribution < -0.4 is 0 Å². The highest BCUT2D eigenvalue weighted by Crippen LogP contribution is 2.59. The van der Waals surface area contributed by atoms with E-state index in [4.69, 9.17) is 0 Å². The van der Waals surface area contributed by atoms with Crippen LogP contribution in [0.15, 0.2) is 35.4 Å². The summed E-state index contributed by atoms with van der Waals surface area (Å²) in [4.78, 5) is 0. The molecule has 0 heteroatoms. The molecule has 0 aliphatic heterocycles. The van der Waals surface area contributed by atoms with Crippen molar-refractivity contribution in [3.63, 3.8) is 0 Å². The predicted molar refractivity (Wildman–Crippen MR) is 130 cm³/mol. The highest BCUT2D eigenvalue weighted by atomic mass is 14.5. The molecule has 0 nitrogen and oxygen atoms in total. The normalized spacial score (nSPS) is 22.6. The SMILES string of the molecule is CC1=C(C)[C@](C)(C#Cc2c(C)cc(C)cc2C)[C@@]1(C)C#Cc1c(C)cc(C)cc1C. The standard InChI is InChI=1S/C30H34/c1-19-15-21(3)27(22(4)16-19)11-13-29(9)25(7)26(8)30(29,10)14-12-28-23(5)17-20(2)18-24(28)6/h15-18H,1-10H3/t29-,30-/m0/s1. The Kier molecular flexibility index (Phi) is 5.52. The molecule has 154 valence electrons. The van der Waals surface area contributed by atoms with Crippen LogP contribution in [-0.2, 0) is 0 Å². The van der Waals surface area contributed by atoms with Crippen molar-refractivity contribution in [2.45, 2.75) is 69.2 Å². The minimum Gasteiger partial charge on any atom is -0.0849 e. The molecular formula is C30H34. The first-order chi connectivity index (χ1) is 13.9. The Balaban J connectivity index is 2.09. The number of rotatable bonds is 0. The first-order valence-corrected chi connectivity index (χ1v) is 10.8. The smallest absolute Gasteiger partial charge is 0.0699 e. The second-order valence-corrected chi connectivity index (χ2v) is 9.55. The maximum atomic E-state index is 3.65. The summed E-state index contributed by atoms with van der Waals surface area (Å²) in [6.45, 7) is 21.8. The molecule has 0 amide bonds. The van der Waals surface area contributed by atoms with Gasteiger partial charge in [-0.05, 0) is 91.5 Å². The average molecular weight is 395 g/mol. The van der Waals surface area contributed by atoms with Gasteiger partial charge in [0.05, 0.1) is 10.8 Å². The fourth-order valence-electron chi connectivity index (χ4n) is 5.00. The highest BCUT2D eigenvalue weighted by Gasteiger charge is 2.54. The monoisotopic (exact) mass is 394 g/mol. The summed E-state index contributed by atoms with van der Waals surface area (Å²) < 4.78 is 0. The number of aryl methyl sites for hydroxylation is 6. The zero-order valence-corrected chi connectivity index (χ0v) is 20.3. The Labute approximate surface area is 183 Å². The van der Waals surface area contributed by atoms with Gasteiger partial charge in [-0.15, -0.1) is 0 Å². The molecule has 0 fully saturated rings. The van der Waals surface area contributed by atoms with E-state index in [0.717, 1.165) is 11.1 Å². The molecule has 0 bridgehead atoms. The van der Waals surface area contributed by atoms with E-state index in [9.17, 15) is 0 Å². The van der Waals surface area contributed by atoms with E-state index in [1.807, 2.05) is 0 Å². The molecule has 0 N–H and O–H groups in total. The molecular weight excluding hydrogens is 360 g/mol. The van der Waals surface area contributed by atoms with Crippen LogP contribution in [0.25, 0.3) is 0 Å². The summed E-state index contributed by atoms with van der Waals surface area (Å²) in [5, 5.41) is 0. The van der Waals surface area contributed by atoms with Crippen LogP contribution in [0.4, 0.5) is 0 Å². The third-order valence-electron chi connectivity index (χ3n) is 7.29. The molecule has 0 unspecified atom stereocenters. The van der Waals surface area contributed by atoms with Crippen molar-refractivity contribution in [2.24, 2.45) is 10.8 Å². The molecule has 0 heterocycles. The first-order valence-electron chi connectivity index (χ1n) is 10.8. The molecule has 30 heavy (non-hydrogen) atoms. The molecule has 2 aromatic rings. The predicted octanol–water partition coefficient (Wildman–Crippen LogP) is 7.30. The summed E-state index contributed by atoms with van der Waals surface area (Å²) in [5.74, 6) is 14.4. The molecule has 0 radical (unpaired) electrons. The van der Waals surface area contributed by atoms with Gasteiger partial charge in [-0.2, -0.15) is 0 Å². The van der Waals surface area contributed by atoms with Crippen LogP contribution >= 0.6 is 0 Å². The Morgan fingerprint density at radius 3 is 1.03 bits per heavy atom. The molecule has 3 rings (SSSR count). The lowest BCUT2D eigenvalue weighted by atomic mass is 9.49. The second kappa shape index (κ2) is 7.52. The summed E-state index contributed by atoms with van der Waals surface area (Å²) >= 11 is 0. The van der Waals surface area contributed by atoms with Gasteiger partial charge in [-0.1, -0.05) is 70.2 Å². The maximum Gasteiger partial charge on any atom is 0.0699 e. The van der Waals surface area contributed by atoms with Gasteiger partial charge in [-0.3, -0.25) is 0 Å². The first kappa shape index (κ1) is 22.0. The van der Waals surface area contributed by atoms with Crippen LogP contribution in [-0.4, -0.2) is 0 Å². The van der Waals surface area contributed by atoms with Gasteiger partial charge in [0, 0.05) is 11.1 Å². The van der Waals surface area contributed by atoms with Gasteiger partial charge in [0.2, 0.25) is 0 Å². The third kappa shape index (κ3) is 3.40. The molecule has 0 aromatic heterocycles. The van der Waals surface area contributed by atoms with E-state index in [-0.39, 0.29) is 10.8 Å². The van der Waals surface area contributed by atoms with E-state index < -0.39 is 0 Å². The van der Waals surface area contributed by atoms with Gasteiger partial charge in [0.1, 0.15) is 0 Å². The highest BCUT2D eigenvalue weighted by molar-refractivity contribution is 5.59. The van der Waals surface area contributed by atoms with Crippen molar-refractivity contribution < 1.29 is 0 Å². The quantitative estimate of drug-likeness (QED) is 0.325. The summed E-state index contributed by atoms with van der Waals surface area (Å²) in [5.41, 5.74) is 12.1. The Morgan fingerprint density at radius 2 is 0.767 bits per heavy atom. The van der Waals surface area contributed by atoms with Crippen LogP contribution in [0.1, 0.15) is 72.2 Å². The fraction of sp³-hybridized carbons (Fsp3) is 0.400. The van der Waals surface area contributed by atoms with E-state index in [2.05, 4.69) is 117 Å². The van der Waals surface area contributed by atoms with Crippen molar-refractivity contribution in [1.29, 1.82) is 0 Å². The average Bonchev–Trinajstić information content (AvgIpc) is 2.64. The largest absolute Gasteiger partial charge is 0.0849 e. The number of hydrogen-bond acceptors (Lipinski definition) is 0. The molecule has 1 aliphatic carbocycles. The topological polar surface area (TPSA) is 0 Å². The van der Waals surface area contributed by atoms with Crippen LogP contribution in [0.5, 0.6) is 0 Å².